The maximum atomic E-state index is 11.8. The van der Waals surface area contributed by atoms with Crippen molar-refractivity contribution in [2.75, 3.05) is 42.6 Å². The van der Waals surface area contributed by atoms with Gasteiger partial charge in [-0.1, -0.05) is 48.5 Å². The van der Waals surface area contributed by atoms with Gasteiger partial charge in [0.15, 0.2) is 9.84 Å². The smallest absolute Gasteiger partial charge is 0.226 e. The Labute approximate surface area is 171 Å². The summed E-state index contributed by atoms with van der Waals surface area (Å²) in [4.78, 5) is 14.3. The number of nitrogens with zero attached hydrogens (tertiary/aromatic N) is 4. The van der Waals surface area contributed by atoms with E-state index in [9.17, 15) is 8.42 Å². The highest BCUT2D eigenvalue weighted by Gasteiger charge is 2.34. The number of aromatic nitrogens is 2. The molecule has 29 heavy (non-hydrogen) atoms. The van der Waals surface area contributed by atoms with E-state index in [4.69, 9.17) is 9.97 Å². The molecule has 0 amide bonds. The summed E-state index contributed by atoms with van der Waals surface area (Å²) < 4.78 is 23.6. The molecule has 0 N–H and O–H groups in total. The number of anilines is 1. The van der Waals surface area contributed by atoms with Crippen LogP contribution in [0, 0.1) is 0 Å². The van der Waals surface area contributed by atoms with Crippen LogP contribution >= 0.6 is 0 Å². The first-order valence-electron chi connectivity index (χ1n) is 10.1. The number of hydrogen-bond donors (Lipinski definition) is 0. The van der Waals surface area contributed by atoms with E-state index in [0.717, 1.165) is 60.7 Å². The summed E-state index contributed by atoms with van der Waals surface area (Å²) in [5.74, 6) is 1.38. The first-order valence-corrected chi connectivity index (χ1v) is 11.9. The Kier molecular flexibility index (Phi) is 4.72. The van der Waals surface area contributed by atoms with E-state index >= 15 is 0 Å². The van der Waals surface area contributed by atoms with E-state index in [-0.39, 0.29) is 6.04 Å². The molecule has 0 spiro atoms. The minimum absolute atomic E-state index is 0.166. The van der Waals surface area contributed by atoms with Crippen LogP contribution in [0.25, 0.3) is 22.2 Å². The molecule has 0 saturated carbocycles. The molecule has 0 bridgehead atoms. The molecule has 7 heteroatoms. The van der Waals surface area contributed by atoms with Crippen LogP contribution in [0.4, 0.5) is 5.95 Å². The molecule has 0 aliphatic carbocycles. The van der Waals surface area contributed by atoms with Crippen molar-refractivity contribution in [3.63, 3.8) is 0 Å². The molecule has 1 unspecified atom stereocenters. The zero-order valence-corrected chi connectivity index (χ0v) is 17.1. The van der Waals surface area contributed by atoms with Crippen molar-refractivity contribution in [2.45, 2.75) is 12.5 Å². The average molecular weight is 409 g/mol. The van der Waals surface area contributed by atoms with Gasteiger partial charge < -0.3 is 4.90 Å². The second-order valence-corrected chi connectivity index (χ2v) is 10.1. The summed E-state index contributed by atoms with van der Waals surface area (Å²) in [7, 11) is -2.85. The number of fused-ring (bicyclic) bond motifs is 1. The Morgan fingerprint density at radius 1 is 0.862 bits per heavy atom. The van der Waals surface area contributed by atoms with Crippen LogP contribution < -0.4 is 4.90 Å². The summed E-state index contributed by atoms with van der Waals surface area (Å²) in [6, 6.07) is 18.5. The number of hydrogen-bond acceptors (Lipinski definition) is 6. The average Bonchev–Trinajstić information content (AvgIpc) is 3.13. The number of piperazine rings is 1. The van der Waals surface area contributed by atoms with Crippen molar-refractivity contribution in [1.82, 2.24) is 14.9 Å². The number of benzene rings is 2. The molecule has 3 aromatic rings. The van der Waals surface area contributed by atoms with Crippen molar-refractivity contribution in [2.24, 2.45) is 0 Å². The molecule has 150 valence electrons. The molecule has 3 heterocycles. The van der Waals surface area contributed by atoms with E-state index < -0.39 is 9.84 Å². The van der Waals surface area contributed by atoms with Crippen molar-refractivity contribution < 1.29 is 8.42 Å². The van der Waals surface area contributed by atoms with E-state index in [0.29, 0.717) is 11.5 Å². The SMILES string of the molecule is O=S1(=O)CCC(N2CCN(c3nc(-c4ccccc4)c4ccccc4n3)CC2)C1. The number of para-hydroxylation sites is 1. The molecular weight excluding hydrogens is 384 g/mol. The molecule has 0 radical (unpaired) electrons. The predicted molar refractivity (Wildman–Crippen MR) is 116 cm³/mol. The van der Waals surface area contributed by atoms with E-state index in [1.807, 2.05) is 36.4 Å². The van der Waals surface area contributed by atoms with Crippen LogP contribution in [0.5, 0.6) is 0 Å². The minimum Gasteiger partial charge on any atom is -0.338 e. The van der Waals surface area contributed by atoms with Crippen molar-refractivity contribution in [1.29, 1.82) is 0 Å². The number of sulfone groups is 1. The molecule has 1 atom stereocenters. The second kappa shape index (κ2) is 7.39. The Balaban J connectivity index is 1.41. The van der Waals surface area contributed by atoms with Crippen LogP contribution in [-0.4, -0.2) is 67.0 Å². The summed E-state index contributed by atoms with van der Waals surface area (Å²) >= 11 is 0. The lowest BCUT2D eigenvalue weighted by atomic mass is 10.1. The molecule has 2 aliphatic rings. The van der Waals surface area contributed by atoms with Crippen LogP contribution in [0.3, 0.4) is 0 Å². The molecule has 5 rings (SSSR count). The van der Waals surface area contributed by atoms with Crippen LogP contribution in [0.15, 0.2) is 54.6 Å². The van der Waals surface area contributed by atoms with E-state index in [1.54, 1.807) is 0 Å². The number of rotatable bonds is 3. The summed E-state index contributed by atoms with van der Waals surface area (Å²) in [5.41, 5.74) is 2.98. The lowest BCUT2D eigenvalue weighted by Crippen LogP contribution is -2.51. The molecule has 2 saturated heterocycles. The third-order valence-electron chi connectivity index (χ3n) is 5.96. The van der Waals surface area contributed by atoms with Gasteiger partial charge in [-0.05, 0) is 12.5 Å². The third-order valence-corrected chi connectivity index (χ3v) is 7.71. The Hall–Kier alpha value is -2.51. The highest BCUT2D eigenvalue weighted by Crippen LogP contribution is 2.29. The van der Waals surface area contributed by atoms with E-state index in [1.165, 1.54) is 0 Å². The van der Waals surface area contributed by atoms with Gasteiger partial charge in [-0.25, -0.2) is 18.4 Å². The van der Waals surface area contributed by atoms with Crippen molar-refractivity contribution in [3.8, 4) is 11.3 Å². The maximum Gasteiger partial charge on any atom is 0.226 e. The zero-order valence-electron chi connectivity index (χ0n) is 16.2. The fourth-order valence-corrected chi connectivity index (χ4v) is 6.13. The second-order valence-electron chi connectivity index (χ2n) is 7.84. The normalized spacial score (nSPS) is 22.2. The van der Waals surface area contributed by atoms with E-state index in [2.05, 4.69) is 28.0 Å². The summed E-state index contributed by atoms with van der Waals surface area (Å²) in [5, 5.41) is 1.05. The Bertz CT molecular complexity index is 1130. The van der Waals surface area contributed by atoms with Crippen LogP contribution in [0.2, 0.25) is 0 Å². The van der Waals surface area contributed by atoms with Gasteiger partial charge in [0.05, 0.1) is 22.7 Å². The quantitative estimate of drug-likeness (QED) is 0.664. The highest BCUT2D eigenvalue weighted by molar-refractivity contribution is 7.91. The van der Waals surface area contributed by atoms with Gasteiger partial charge in [-0.2, -0.15) is 0 Å². The first-order chi connectivity index (χ1) is 14.1. The van der Waals surface area contributed by atoms with Gasteiger partial charge in [-0.3, -0.25) is 4.90 Å². The standard InChI is InChI=1S/C22H24N4O2S/c27-29(28)15-10-18(16-29)25-11-13-26(14-12-25)22-23-20-9-5-4-8-19(20)21(24-22)17-6-2-1-3-7-17/h1-9,18H,10-16H2. The third kappa shape index (κ3) is 3.72. The summed E-state index contributed by atoms with van der Waals surface area (Å²) in [6.45, 7) is 3.31. The van der Waals surface area contributed by atoms with Gasteiger partial charge in [0.2, 0.25) is 5.95 Å². The molecule has 2 aromatic carbocycles. The van der Waals surface area contributed by atoms with Crippen molar-refractivity contribution >= 4 is 26.7 Å². The molecular formula is C22H24N4O2S. The lowest BCUT2D eigenvalue weighted by Gasteiger charge is -2.37. The highest BCUT2D eigenvalue weighted by atomic mass is 32.2. The summed E-state index contributed by atoms with van der Waals surface area (Å²) in [6.07, 6.45) is 0.757. The van der Waals surface area contributed by atoms with Gasteiger partial charge in [-0.15, -0.1) is 0 Å². The lowest BCUT2D eigenvalue weighted by molar-refractivity contribution is 0.200. The molecule has 2 aliphatic heterocycles. The van der Waals surface area contributed by atoms with Gasteiger partial charge in [0.25, 0.3) is 0 Å². The fraction of sp³-hybridized carbons (Fsp3) is 0.364. The fourth-order valence-electron chi connectivity index (χ4n) is 4.37. The Morgan fingerprint density at radius 2 is 1.59 bits per heavy atom. The monoisotopic (exact) mass is 408 g/mol. The van der Waals surface area contributed by atoms with Gasteiger partial charge in [0.1, 0.15) is 0 Å². The van der Waals surface area contributed by atoms with Crippen LogP contribution in [0.1, 0.15) is 6.42 Å². The predicted octanol–water partition coefficient (Wildman–Crippen LogP) is 2.61. The van der Waals surface area contributed by atoms with Crippen LogP contribution in [-0.2, 0) is 9.84 Å². The van der Waals surface area contributed by atoms with Crippen molar-refractivity contribution in [3.05, 3.63) is 54.6 Å². The first kappa shape index (κ1) is 18.5. The zero-order chi connectivity index (χ0) is 19.8. The molecule has 6 nitrogen and oxygen atoms in total. The topological polar surface area (TPSA) is 66.4 Å². The largest absolute Gasteiger partial charge is 0.338 e. The Morgan fingerprint density at radius 3 is 2.31 bits per heavy atom. The minimum atomic E-state index is -2.85. The maximum absolute atomic E-state index is 11.8. The molecule has 1 aromatic heterocycles. The van der Waals surface area contributed by atoms with Gasteiger partial charge >= 0.3 is 0 Å². The van der Waals surface area contributed by atoms with Gasteiger partial charge in [0, 0.05) is 43.2 Å². The molecule has 2 fully saturated rings.